The molecule has 4 heteroatoms. The monoisotopic (exact) mass is 410 g/mol. The quantitative estimate of drug-likeness (QED) is 0.469. The van der Waals surface area contributed by atoms with Crippen LogP contribution in [0.1, 0.15) is 83.8 Å². The molecule has 0 radical (unpaired) electrons. The molecule has 0 bridgehead atoms. The van der Waals surface area contributed by atoms with Crippen molar-refractivity contribution in [1.82, 2.24) is 0 Å². The Kier molecular flexibility index (Phi) is 4.75. The maximum atomic E-state index is 11.8. The van der Waals surface area contributed by atoms with E-state index in [-0.39, 0.29) is 28.5 Å². The molecule has 3 fully saturated rings. The minimum absolute atomic E-state index is 0.0593. The number of carbonyl (C=O) groups excluding carboxylic acids is 1. The van der Waals surface area contributed by atoms with E-state index in [0.717, 1.165) is 43.8 Å². The topological polar surface area (TPSA) is 56.5 Å². The highest BCUT2D eigenvalue weighted by molar-refractivity contribution is 5.66. The van der Waals surface area contributed by atoms with Gasteiger partial charge in [-0.3, -0.25) is 4.79 Å². The summed E-state index contributed by atoms with van der Waals surface area (Å²) in [6.07, 6.45) is 11.5. The molecule has 0 amide bonds. The number of esters is 1. The first-order chi connectivity index (χ1) is 14.3. The fraction of sp³-hybridized carbons (Fsp3) is 0.692. The van der Waals surface area contributed by atoms with E-state index >= 15 is 0 Å². The zero-order chi connectivity index (χ0) is 21.1. The van der Waals surface area contributed by atoms with Crippen molar-refractivity contribution in [2.45, 2.75) is 84.2 Å². The molecule has 3 saturated carbocycles. The average Bonchev–Trinajstić information content (AvgIpc) is 3.05. The van der Waals surface area contributed by atoms with Gasteiger partial charge >= 0.3 is 11.6 Å². The highest BCUT2D eigenvalue weighted by Gasteiger charge is 2.59. The Hall–Kier alpha value is -1.84. The average molecular weight is 411 g/mol. The van der Waals surface area contributed by atoms with E-state index in [1.807, 2.05) is 12.1 Å². The van der Waals surface area contributed by atoms with Gasteiger partial charge in [0.25, 0.3) is 0 Å². The predicted molar refractivity (Wildman–Crippen MR) is 115 cm³/mol. The van der Waals surface area contributed by atoms with Crippen LogP contribution in [0.3, 0.4) is 0 Å². The highest BCUT2D eigenvalue weighted by atomic mass is 16.5. The van der Waals surface area contributed by atoms with Crippen molar-refractivity contribution >= 4 is 5.97 Å². The number of allylic oxidation sites excluding steroid dienone is 1. The van der Waals surface area contributed by atoms with Crippen LogP contribution in [0.25, 0.3) is 0 Å². The first-order valence-corrected chi connectivity index (χ1v) is 11.8. The number of fused-ring (bicyclic) bond motifs is 5. The van der Waals surface area contributed by atoms with Crippen molar-refractivity contribution in [3.8, 4) is 0 Å². The summed E-state index contributed by atoms with van der Waals surface area (Å²) in [5.74, 6) is 3.21. The fourth-order valence-corrected chi connectivity index (χ4v) is 8.02. The molecule has 2 unspecified atom stereocenters. The van der Waals surface area contributed by atoms with Gasteiger partial charge in [0.1, 0.15) is 11.9 Å². The van der Waals surface area contributed by atoms with Crippen LogP contribution in [-0.4, -0.2) is 12.1 Å². The largest absolute Gasteiger partial charge is 0.462 e. The van der Waals surface area contributed by atoms with Gasteiger partial charge < -0.3 is 9.15 Å². The Morgan fingerprint density at radius 2 is 1.93 bits per heavy atom. The Labute approximate surface area is 179 Å². The van der Waals surface area contributed by atoms with Crippen LogP contribution in [-0.2, 0) is 9.53 Å². The molecule has 162 valence electrons. The molecule has 30 heavy (non-hydrogen) atoms. The van der Waals surface area contributed by atoms with Crippen LogP contribution >= 0.6 is 0 Å². The normalized spacial score (nSPS) is 42.5. The Balaban J connectivity index is 1.41. The first kappa shape index (κ1) is 20.1. The van der Waals surface area contributed by atoms with Crippen molar-refractivity contribution in [2.24, 2.45) is 28.6 Å². The third-order valence-electron chi connectivity index (χ3n) is 9.45. The van der Waals surface area contributed by atoms with Gasteiger partial charge in [0.15, 0.2) is 0 Å². The summed E-state index contributed by atoms with van der Waals surface area (Å²) in [5, 5.41) is 0. The van der Waals surface area contributed by atoms with Gasteiger partial charge in [0.05, 0.1) is 0 Å². The van der Waals surface area contributed by atoms with Crippen LogP contribution in [0, 0.1) is 28.6 Å². The summed E-state index contributed by atoms with van der Waals surface area (Å²) in [7, 11) is 0. The number of carbonyl (C=O) groups is 1. The van der Waals surface area contributed by atoms with Gasteiger partial charge in [0, 0.05) is 25.3 Å². The predicted octanol–water partition coefficient (Wildman–Crippen LogP) is 5.62. The van der Waals surface area contributed by atoms with Gasteiger partial charge in [-0.15, -0.1) is 0 Å². The number of ether oxygens (including phenoxy) is 1. The SMILES string of the molecule is CC(=O)OC1CC[C@@]2(C)C(=CC[C@@H]3[C@@H]2CC[C@]2(C)C(c4cccc(=O)o4)CC[C@@H]32)C1. The number of rotatable bonds is 2. The second-order valence-corrected chi connectivity index (χ2v) is 10.8. The van der Waals surface area contributed by atoms with Gasteiger partial charge in [-0.1, -0.05) is 31.6 Å². The molecule has 4 aliphatic rings. The van der Waals surface area contributed by atoms with Crippen molar-refractivity contribution < 1.29 is 13.9 Å². The summed E-state index contributed by atoms with van der Waals surface area (Å²) in [6.45, 7) is 6.45. The van der Waals surface area contributed by atoms with E-state index in [0.29, 0.717) is 17.8 Å². The molecule has 1 heterocycles. The lowest BCUT2D eigenvalue weighted by Crippen LogP contribution is -2.50. The van der Waals surface area contributed by atoms with Crippen molar-refractivity contribution in [3.63, 3.8) is 0 Å². The van der Waals surface area contributed by atoms with E-state index in [9.17, 15) is 9.59 Å². The smallest absolute Gasteiger partial charge is 0.335 e. The molecule has 7 atom stereocenters. The molecule has 0 N–H and O–H groups in total. The zero-order valence-electron chi connectivity index (χ0n) is 18.5. The molecular formula is C26H34O4. The molecule has 5 rings (SSSR count). The lowest BCUT2D eigenvalue weighted by molar-refractivity contribution is -0.148. The third kappa shape index (κ3) is 3.01. The maximum absolute atomic E-state index is 11.8. The second-order valence-electron chi connectivity index (χ2n) is 10.8. The standard InChI is InChI=1S/C26H34O4/c1-16(27)29-18-11-13-25(2)17(15-18)7-8-19-20-9-10-22(23-5-4-6-24(28)30-23)26(20,3)14-12-21(19)25/h4-7,18-22H,8-15H2,1-3H3/t18?,19-,20-,21-,22?,25-,26-/m0/s1. The summed E-state index contributed by atoms with van der Waals surface area (Å²) in [5.41, 5.74) is 1.77. The Bertz CT molecular complexity index is 929. The Morgan fingerprint density at radius 3 is 2.70 bits per heavy atom. The number of hydrogen-bond acceptors (Lipinski definition) is 4. The summed E-state index contributed by atoms with van der Waals surface area (Å²) >= 11 is 0. The van der Waals surface area contributed by atoms with E-state index < -0.39 is 0 Å². The van der Waals surface area contributed by atoms with Gasteiger partial charge in [-0.25, -0.2) is 4.79 Å². The molecule has 0 aromatic carbocycles. The molecule has 0 saturated heterocycles. The minimum Gasteiger partial charge on any atom is -0.462 e. The molecule has 4 nitrogen and oxygen atoms in total. The molecule has 4 aliphatic carbocycles. The lowest BCUT2D eigenvalue weighted by Gasteiger charge is -2.58. The Morgan fingerprint density at radius 1 is 1.10 bits per heavy atom. The summed E-state index contributed by atoms with van der Waals surface area (Å²) < 4.78 is 11.2. The fourth-order valence-electron chi connectivity index (χ4n) is 8.02. The van der Waals surface area contributed by atoms with E-state index in [1.54, 1.807) is 0 Å². The molecule has 0 aliphatic heterocycles. The van der Waals surface area contributed by atoms with Gasteiger partial charge in [-0.05, 0) is 79.6 Å². The van der Waals surface area contributed by atoms with Crippen LogP contribution in [0.2, 0.25) is 0 Å². The van der Waals surface area contributed by atoms with Crippen molar-refractivity contribution in [2.75, 3.05) is 0 Å². The third-order valence-corrected chi connectivity index (χ3v) is 9.45. The highest BCUT2D eigenvalue weighted by Crippen LogP contribution is 2.67. The zero-order valence-corrected chi connectivity index (χ0v) is 18.5. The second kappa shape index (κ2) is 7.10. The molecule has 1 aromatic rings. The van der Waals surface area contributed by atoms with E-state index in [2.05, 4.69) is 19.9 Å². The van der Waals surface area contributed by atoms with Crippen LogP contribution < -0.4 is 5.63 Å². The summed E-state index contributed by atoms with van der Waals surface area (Å²) in [4.78, 5) is 23.3. The number of hydrogen-bond donors (Lipinski definition) is 0. The minimum atomic E-state index is -0.226. The first-order valence-electron chi connectivity index (χ1n) is 11.8. The van der Waals surface area contributed by atoms with Crippen LogP contribution in [0.5, 0.6) is 0 Å². The molecular weight excluding hydrogens is 376 g/mol. The van der Waals surface area contributed by atoms with Gasteiger partial charge in [0.2, 0.25) is 0 Å². The lowest BCUT2D eigenvalue weighted by atomic mass is 9.47. The van der Waals surface area contributed by atoms with Gasteiger partial charge in [-0.2, -0.15) is 0 Å². The van der Waals surface area contributed by atoms with Crippen LogP contribution in [0.4, 0.5) is 0 Å². The molecule has 0 spiro atoms. The van der Waals surface area contributed by atoms with Crippen molar-refractivity contribution in [1.29, 1.82) is 0 Å². The van der Waals surface area contributed by atoms with E-state index in [1.165, 1.54) is 37.8 Å². The van der Waals surface area contributed by atoms with E-state index in [4.69, 9.17) is 9.15 Å². The van der Waals surface area contributed by atoms with Crippen molar-refractivity contribution in [3.05, 3.63) is 46.0 Å². The summed E-state index contributed by atoms with van der Waals surface area (Å²) in [6, 6.07) is 5.37. The van der Waals surface area contributed by atoms with Crippen LogP contribution in [0.15, 0.2) is 39.1 Å². The maximum Gasteiger partial charge on any atom is 0.335 e. The molecule has 1 aromatic heterocycles.